The molecule has 2 atom stereocenters. The van der Waals surface area contributed by atoms with Crippen LogP contribution in [0.1, 0.15) is 65.3 Å². The van der Waals surface area contributed by atoms with Gasteiger partial charge >= 0.3 is 0 Å². The summed E-state index contributed by atoms with van der Waals surface area (Å²) in [7, 11) is 0. The minimum atomic E-state index is 0. The number of aliphatic imine (C=N–C) groups is 1. The largest absolute Gasteiger partial charge is 0.382 e. The number of aromatic nitrogens is 2. The van der Waals surface area contributed by atoms with Crippen molar-refractivity contribution >= 4 is 29.9 Å². The molecule has 0 aromatic carbocycles. The highest BCUT2D eigenvalue weighted by Gasteiger charge is 2.34. The van der Waals surface area contributed by atoms with E-state index < -0.39 is 0 Å². The zero-order valence-electron chi connectivity index (χ0n) is 18.5. The molecule has 0 radical (unpaired) electrons. The van der Waals surface area contributed by atoms with E-state index >= 15 is 0 Å². The molecule has 1 aliphatic heterocycles. The molecule has 1 aliphatic carbocycles. The van der Waals surface area contributed by atoms with Gasteiger partial charge in [0.15, 0.2) is 5.96 Å². The Labute approximate surface area is 193 Å². The van der Waals surface area contributed by atoms with Crippen molar-refractivity contribution in [3.8, 4) is 0 Å². The second kappa shape index (κ2) is 12.1. The van der Waals surface area contributed by atoms with Crippen molar-refractivity contribution in [1.29, 1.82) is 0 Å². The van der Waals surface area contributed by atoms with E-state index in [1.165, 1.54) is 32.1 Å². The van der Waals surface area contributed by atoms with Crippen LogP contribution in [0.15, 0.2) is 23.7 Å². The monoisotopic (exact) mass is 517 g/mol. The van der Waals surface area contributed by atoms with Gasteiger partial charge in [0.1, 0.15) is 0 Å². The SMILES string of the molecule is CCNC(=NCC1(CCOCC)CCCC1)N1CCC(C)C(n2ccnc2)C1.I. The standard InChI is InChI=1S/C22H39N5O.HI/c1-4-24-21(25-17-22(9-6-7-10-22)11-15-28-5-2)26-13-8-19(3)20(16-26)27-14-12-23-18-27;/h12,14,18-20H,4-11,13,15-17H2,1-3H3,(H,24,25);1H. The number of likely N-dealkylation sites (tertiary alicyclic amines) is 1. The first-order chi connectivity index (χ1) is 13.7. The van der Waals surface area contributed by atoms with E-state index in [2.05, 4.69) is 46.7 Å². The van der Waals surface area contributed by atoms with Crippen LogP contribution in [0.3, 0.4) is 0 Å². The summed E-state index contributed by atoms with van der Waals surface area (Å²) in [6.45, 7) is 12.2. The molecule has 7 heteroatoms. The summed E-state index contributed by atoms with van der Waals surface area (Å²) in [6, 6.07) is 0.457. The van der Waals surface area contributed by atoms with Gasteiger partial charge in [-0.05, 0) is 50.9 Å². The molecule has 1 aromatic heterocycles. The number of hydrogen-bond donors (Lipinski definition) is 1. The van der Waals surface area contributed by atoms with E-state index in [1.54, 1.807) is 0 Å². The molecule has 166 valence electrons. The molecule has 0 spiro atoms. The van der Waals surface area contributed by atoms with Crippen LogP contribution < -0.4 is 5.32 Å². The van der Waals surface area contributed by atoms with Gasteiger partial charge in [0.2, 0.25) is 0 Å². The van der Waals surface area contributed by atoms with Crippen LogP contribution >= 0.6 is 24.0 Å². The van der Waals surface area contributed by atoms with Crippen molar-refractivity contribution in [1.82, 2.24) is 19.8 Å². The summed E-state index contributed by atoms with van der Waals surface area (Å²) in [6.07, 6.45) is 13.5. The molecule has 1 saturated carbocycles. The van der Waals surface area contributed by atoms with Gasteiger partial charge in [-0.15, -0.1) is 24.0 Å². The number of rotatable bonds is 8. The third-order valence-corrected chi connectivity index (χ3v) is 6.67. The van der Waals surface area contributed by atoms with Gasteiger partial charge in [0, 0.05) is 51.8 Å². The number of nitrogens with zero attached hydrogens (tertiary/aromatic N) is 4. The number of ether oxygens (including phenoxy) is 1. The predicted molar refractivity (Wildman–Crippen MR) is 130 cm³/mol. The summed E-state index contributed by atoms with van der Waals surface area (Å²) < 4.78 is 7.94. The minimum Gasteiger partial charge on any atom is -0.382 e. The molecule has 29 heavy (non-hydrogen) atoms. The maximum Gasteiger partial charge on any atom is 0.194 e. The van der Waals surface area contributed by atoms with Crippen molar-refractivity contribution in [2.75, 3.05) is 39.4 Å². The molecule has 3 rings (SSSR count). The van der Waals surface area contributed by atoms with Crippen LogP contribution in [0.25, 0.3) is 0 Å². The third kappa shape index (κ3) is 6.57. The minimum absolute atomic E-state index is 0. The molecular formula is C22H40IN5O. The van der Waals surface area contributed by atoms with E-state index in [0.717, 1.165) is 51.8 Å². The Morgan fingerprint density at radius 1 is 1.31 bits per heavy atom. The smallest absolute Gasteiger partial charge is 0.194 e. The van der Waals surface area contributed by atoms with E-state index in [0.29, 0.717) is 17.4 Å². The number of piperidine rings is 1. The van der Waals surface area contributed by atoms with Crippen LogP contribution in [-0.4, -0.2) is 59.8 Å². The average molecular weight is 518 g/mol. The number of guanidine groups is 1. The lowest BCUT2D eigenvalue weighted by Crippen LogP contribution is -2.49. The van der Waals surface area contributed by atoms with Crippen molar-refractivity contribution in [2.45, 2.75) is 65.3 Å². The highest BCUT2D eigenvalue weighted by atomic mass is 127. The molecule has 0 amide bonds. The molecule has 2 heterocycles. The van der Waals surface area contributed by atoms with Gasteiger partial charge in [-0.3, -0.25) is 4.99 Å². The lowest BCUT2D eigenvalue weighted by molar-refractivity contribution is 0.106. The fourth-order valence-corrected chi connectivity index (χ4v) is 4.81. The van der Waals surface area contributed by atoms with Crippen LogP contribution in [0, 0.1) is 11.3 Å². The number of imidazole rings is 1. The maximum atomic E-state index is 5.68. The van der Waals surface area contributed by atoms with Gasteiger partial charge in [0.05, 0.1) is 12.4 Å². The van der Waals surface area contributed by atoms with Crippen molar-refractivity contribution in [2.24, 2.45) is 16.3 Å². The Bertz CT molecular complexity index is 600. The third-order valence-electron chi connectivity index (χ3n) is 6.67. The van der Waals surface area contributed by atoms with Crippen molar-refractivity contribution < 1.29 is 4.74 Å². The summed E-state index contributed by atoms with van der Waals surface area (Å²) in [5.41, 5.74) is 0.336. The summed E-state index contributed by atoms with van der Waals surface area (Å²) >= 11 is 0. The maximum absolute atomic E-state index is 5.68. The predicted octanol–water partition coefficient (Wildman–Crippen LogP) is 4.34. The van der Waals surface area contributed by atoms with Gasteiger partial charge in [-0.1, -0.05) is 19.8 Å². The number of halogens is 1. The van der Waals surface area contributed by atoms with Gasteiger partial charge in [-0.25, -0.2) is 4.98 Å². The van der Waals surface area contributed by atoms with Gasteiger partial charge < -0.3 is 19.5 Å². The van der Waals surface area contributed by atoms with Gasteiger partial charge in [0.25, 0.3) is 0 Å². The van der Waals surface area contributed by atoms with Crippen LogP contribution in [0.2, 0.25) is 0 Å². The second-order valence-electron chi connectivity index (χ2n) is 8.61. The summed E-state index contributed by atoms with van der Waals surface area (Å²) in [4.78, 5) is 11.9. The molecule has 1 saturated heterocycles. The van der Waals surface area contributed by atoms with Crippen molar-refractivity contribution in [3.63, 3.8) is 0 Å². The second-order valence-corrected chi connectivity index (χ2v) is 8.61. The van der Waals surface area contributed by atoms with E-state index in [-0.39, 0.29) is 24.0 Å². The average Bonchev–Trinajstić information content (AvgIpc) is 3.39. The summed E-state index contributed by atoms with van der Waals surface area (Å²) in [5.74, 6) is 1.74. The highest BCUT2D eigenvalue weighted by molar-refractivity contribution is 14.0. The zero-order chi connectivity index (χ0) is 19.8. The quantitative estimate of drug-likeness (QED) is 0.241. The first kappa shape index (κ1) is 24.4. The molecular weight excluding hydrogens is 477 g/mol. The Hall–Kier alpha value is -0.830. The lowest BCUT2D eigenvalue weighted by Gasteiger charge is -2.39. The van der Waals surface area contributed by atoms with Crippen LogP contribution in [-0.2, 0) is 4.74 Å². The Morgan fingerprint density at radius 2 is 2.10 bits per heavy atom. The number of nitrogens with one attached hydrogen (secondary N) is 1. The molecule has 0 bridgehead atoms. The zero-order valence-corrected chi connectivity index (χ0v) is 20.8. The normalized spacial score (nSPS) is 24.4. The van der Waals surface area contributed by atoms with Gasteiger partial charge in [-0.2, -0.15) is 0 Å². The Kier molecular flexibility index (Phi) is 10.2. The highest BCUT2D eigenvalue weighted by Crippen LogP contribution is 2.41. The Balaban J connectivity index is 0.00000300. The molecule has 2 fully saturated rings. The first-order valence-corrected chi connectivity index (χ1v) is 11.3. The topological polar surface area (TPSA) is 54.7 Å². The van der Waals surface area contributed by atoms with E-state index in [4.69, 9.17) is 9.73 Å². The Morgan fingerprint density at radius 3 is 2.76 bits per heavy atom. The van der Waals surface area contributed by atoms with E-state index in [1.807, 2.05) is 12.5 Å². The van der Waals surface area contributed by atoms with Crippen LogP contribution in [0.4, 0.5) is 0 Å². The fourth-order valence-electron chi connectivity index (χ4n) is 4.81. The first-order valence-electron chi connectivity index (χ1n) is 11.3. The molecule has 1 aromatic rings. The van der Waals surface area contributed by atoms with Crippen LogP contribution in [0.5, 0.6) is 0 Å². The molecule has 6 nitrogen and oxygen atoms in total. The summed E-state index contributed by atoms with van der Waals surface area (Å²) in [5, 5.41) is 3.56. The molecule has 2 unspecified atom stereocenters. The lowest BCUT2D eigenvalue weighted by atomic mass is 9.83. The van der Waals surface area contributed by atoms with Crippen molar-refractivity contribution in [3.05, 3.63) is 18.7 Å². The number of hydrogen-bond acceptors (Lipinski definition) is 3. The van der Waals surface area contributed by atoms with E-state index in [9.17, 15) is 0 Å². The molecule has 2 aliphatic rings. The fraction of sp³-hybridized carbons (Fsp3) is 0.818. The molecule has 1 N–H and O–H groups in total.